The molecule has 80 valence electrons. The maximum absolute atomic E-state index is 12.0. The van der Waals surface area contributed by atoms with Gasteiger partial charge in [0.2, 0.25) is 5.91 Å². The lowest BCUT2D eigenvalue weighted by Crippen LogP contribution is -2.43. The number of piperidine rings is 1. The van der Waals surface area contributed by atoms with Crippen molar-refractivity contribution < 1.29 is 4.79 Å². The minimum absolute atomic E-state index is 0.00948. The summed E-state index contributed by atoms with van der Waals surface area (Å²) < 4.78 is 0. The molecule has 0 bridgehead atoms. The van der Waals surface area contributed by atoms with Gasteiger partial charge in [0.15, 0.2) is 0 Å². The molecule has 2 aliphatic rings. The Labute approximate surface area is 85.6 Å². The highest BCUT2D eigenvalue weighted by molar-refractivity contribution is 5.84. The summed E-state index contributed by atoms with van der Waals surface area (Å²) in [6.07, 6.45) is 4.36. The molecule has 1 aliphatic carbocycles. The van der Waals surface area contributed by atoms with Gasteiger partial charge in [-0.05, 0) is 38.1 Å². The lowest BCUT2D eigenvalue weighted by Gasteiger charge is -2.33. The Bertz CT molecular complexity index is 227. The largest absolute Gasteiger partial charge is 0.342 e. The molecule has 0 atom stereocenters. The van der Waals surface area contributed by atoms with Crippen LogP contribution in [0, 0.1) is 11.3 Å². The first-order valence-corrected chi connectivity index (χ1v) is 5.65. The summed E-state index contributed by atoms with van der Waals surface area (Å²) in [4.78, 5) is 14.0. The van der Waals surface area contributed by atoms with Gasteiger partial charge < -0.3 is 10.6 Å². The van der Waals surface area contributed by atoms with Crippen molar-refractivity contribution >= 4 is 5.91 Å². The van der Waals surface area contributed by atoms with Crippen molar-refractivity contribution in [3.8, 4) is 0 Å². The SMILES string of the molecule is CC1(C(=O)N2CCC(CN)CC2)CC1. The lowest BCUT2D eigenvalue weighted by atomic mass is 9.95. The Hall–Kier alpha value is -0.570. The second-order valence-corrected chi connectivity index (χ2v) is 5.03. The molecule has 1 heterocycles. The molecule has 0 unspecified atom stereocenters. The number of likely N-dealkylation sites (tertiary alicyclic amines) is 1. The van der Waals surface area contributed by atoms with E-state index in [-0.39, 0.29) is 5.41 Å². The molecule has 1 saturated heterocycles. The van der Waals surface area contributed by atoms with Gasteiger partial charge in [-0.25, -0.2) is 0 Å². The van der Waals surface area contributed by atoms with E-state index in [1.54, 1.807) is 0 Å². The maximum Gasteiger partial charge on any atom is 0.228 e. The van der Waals surface area contributed by atoms with Gasteiger partial charge >= 0.3 is 0 Å². The zero-order valence-corrected chi connectivity index (χ0v) is 8.96. The number of carbonyl (C=O) groups excluding carboxylic acids is 1. The summed E-state index contributed by atoms with van der Waals surface area (Å²) in [7, 11) is 0. The second kappa shape index (κ2) is 3.54. The summed E-state index contributed by atoms with van der Waals surface area (Å²) in [5.41, 5.74) is 5.63. The Morgan fingerprint density at radius 1 is 1.43 bits per heavy atom. The van der Waals surface area contributed by atoms with Crippen molar-refractivity contribution in [2.45, 2.75) is 32.6 Å². The quantitative estimate of drug-likeness (QED) is 0.715. The zero-order chi connectivity index (χ0) is 10.2. The topological polar surface area (TPSA) is 46.3 Å². The third-order valence-electron chi connectivity index (χ3n) is 3.75. The number of rotatable bonds is 2. The summed E-state index contributed by atoms with van der Waals surface area (Å²) in [6, 6.07) is 0. The first-order chi connectivity index (χ1) is 6.65. The number of hydrogen-bond acceptors (Lipinski definition) is 2. The van der Waals surface area contributed by atoms with Crippen molar-refractivity contribution in [1.29, 1.82) is 0 Å². The van der Waals surface area contributed by atoms with Crippen LogP contribution in [0.15, 0.2) is 0 Å². The molecule has 1 amide bonds. The summed E-state index contributed by atoms with van der Waals surface area (Å²) in [6.45, 7) is 4.72. The van der Waals surface area contributed by atoms with Gasteiger partial charge in [0.05, 0.1) is 0 Å². The van der Waals surface area contributed by atoms with Gasteiger partial charge in [-0.1, -0.05) is 6.92 Å². The van der Waals surface area contributed by atoms with E-state index in [0.717, 1.165) is 45.3 Å². The minimum Gasteiger partial charge on any atom is -0.342 e. The minimum atomic E-state index is 0.00948. The van der Waals surface area contributed by atoms with Crippen molar-refractivity contribution in [3.63, 3.8) is 0 Å². The second-order valence-electron chi connectivity index (χ2n) is 5.03. The van der Waals surface area contributed by atoms with Crippen LogP contribution < -0.4 is 5.73 Å². The average molecular weight is 196 g/mol. The molecule has 2 N–H and O–H groups in total. The Balaban J connectivity index is 1.86. The van der Waals surface area contributed by atoms with Crippen molar-refractivity contribution in [3.05, 3.63) is 0 Å². The molecule has 1 saturated carbocycles. The van der Waals surface area contributed by atoms with E-state index in [1.807, 2.05) is 4.90 Å². The van der Waals surface area contributed by atoms with Gasteiger partial charge in [0.25, 0.3) is 0 Å². The fraction of sp³-hybridized carbons (Fsp3) is 0.909. The van der Waals surface area contributed by atoms with Gasteiger partial charge in [-0.2, -0.15) is 0 Å². The van der Waals surface area contributed by atoms with Crippen LogP contribution in [0.2, 0.25) is 0 Å². The molecule has 1 aliphatic heterocycles. The number of nitrogens with two attached hydrogens (primary N) is 1. The van der Waals surface area contributed by atoms with Gasteiger partial charge in [-0.3, -0.25) is 4.79 Å². The van der Waals surface area contributed by atoms with Gasteiger partial charge in [0, 0.05) is 18.5 Å². The summed E-state index contributed by atoms with van der Waals surface area (Å²) in [5.74, 6) is 1.03. The monoisotopic (exact) mass is 196 g/mol. The first kappa shape index (κ1) is 9.97. The van der Waals surface area contributed by atoms with E-state index < -0.39 is 0 Å². The molecule has 3 nitrogen and oxygen atoms in total. The van der Waals surface area contributed by atoms with Crippen LogP contribution in [0.25, 0.3) is 0 Å². The van der Waals surface area contributed by atoms with Gasteiger partial charge in [-0.15, -0.1) is 0 Å². The van der Waals surface area contributed by atoms with E-state index in [4.69, 9.17) is 5.73 Å². The molecule has 0 radical (unpaired) electrons. The summed E-state index contributed by atoms with van der Waals surface area (Å²) >= 11 is 0. The lowest BCUT2D eigenvalue weighted by molar-refractivity contribution is -0.137. The van der Waals surface area contributed by atoms with Crippen molar-refractivity contribution in [1.82, 2.24) is 4.90 Å². The van der Waals surface area contributed by atoms with Gasteiger partial charge in [0.1, 0.15) is 0 Å². The molecular weight excluding hydrogens is 176 g/mol. The Morgan fingerprint density at radius 3 is 2.43 bits per heavy atom. The van der Waals surface area contributed by atoms with E-state index in [1.165, 1.54) is 0 Å². The average Bonchev–Trinajstić information content (AvgIpc) is 2.97. The van der Waals surface area contributed by atoms with E-state index >= 15 is 0 Å². The molecule has 0 aromatic heterocycles. The molecule has 0 aromatic rings. The van der Waals surface area contributed by atoms with E-state index in [9.17, 15) is 4.79 Å². The molecule has 2 fully saturated rings. The predicted molar refractivity (Wildman–Crippen MR) is 55.7 cm³/mol. The van der Waals surface area contributed by atoms with E-state index in [2.05, 4.69) is 6.92 Å². The number of amides is 1. The highest BCUT2D eigenvalue weighted by Crippen LogP contribution is 2.46. The third-order valence-corrected chi connectivity index (χ3v) is 3.75. The van der Waals surface area contributed by atoms with Crippen LogP contribution in [-0.2, 0) is 4.79 Å². The normalized spacial score (nSPS) is 26.3. The smallest absolute Gasteiger partial charge is 0.228 e. The van der Waals surface area contributed by atoms with Crippen LogP contribution >= 0.6 is 0 Å². The molecule has 2 rings (SSSR count). The highest BCUT2D eigenvalue weighted by atomic mass is 16.2. The molecule has 3 heteroatoms. The molecule has 0 spiro atoms. The van der Waals surface area contributed by atoms with Crippen molar-refractivity contribution in [2.24, 2.45) is 17.1 Å². The maximum atomic E-state index is 12.0. The zero-order valence-electron chi connectivity index (χ0n) is 8.96. The predicted octanol–water partition coefficient (Wildman–Crippen LogP) is 0.984. The highest BCUT2D eigenvalue weighted by Gasteiger charge is 2.47. The fourth-order valence-corrected chi connectivity index (χ4v) is 2.15. The first-order valence-electron chi connectivity index (χ1n) is 5.65. The summed E-state index contributed by atoms with van der Waals surface area (Å²) in [5, 5.41) is 0. The van der Waals surface area contributed by atoms with Crippen LogP contribution in [0.5, 0.6) is 0 Å². The molecular formula is C11H20N2O. The van der Waals surface area contributed by atoms with E-state index in [0.29, 0.717) is 11.8 Å². The van der Waals surface area contributed by atoms with Crippen LogP contribution in [0.3, 0.4) is 0 Å². The Morgan fingerprint density at radius 2 is 2.00 bits per heavy atom. The van der Waals surface area contributed by atoms with Crippen LogP contribution in [0.4, 0.5) is 0 Å². The Kier molecular flexibility index (Phi) is 2.52. The van der Waals surface area contributed by atoms with Crippen LogP contribution in [-0.4, -0.2) is 30.4 Å². The third kappa shape index (κ3) is 1.78. The number of hydrogen-bond donors (Lipinski definition) is 1. The molecule has 14 heavy (non-hydrogen) atoms. The fourth-order valence-electron chi connectivity index (χ4n) is 2.15. The number of carbonyl (C=O) groups is 1. The molecule has 0 aromatic carbocycles. The van der Waals surface area contributed by atoms with Crippen LogP contribution in [0.1, 0.15) is 32.6 Å². The standard InChI is InChI=1S/C11H20N2O/c1-11(4-5-11)10(14)13-6-2-9(8-12)3-7-13/h9H,2-8,12H2,1H3. The van der Waals surface area contributed by atoms with Crippen molar-refractivity contribution in [2.75, 3.05) is 19.6 Å². The number of nitrogens with zero attached hydrogens (tertiary/aromatic N) is 1.